The molecule has 3 aromatic rings. The van der Waals surface area contributed by atoms with E-state index in [1.54, 1.807) is 0 Å². The van der Waals surface area contributed by atoms with E-state index < -0.39 is 0 Å². The Morgan fingerprint density at radius 1 is 1.11 bits per heavy atom. The molecule has 2 aromatic carbocycles. The smallest absolute Gasteiger partial charge is 0.295 e. The molecule has 0 bridgehead atoms. The zero-order chi connectivity index (χ0) is 18.9. The van der Waals surface area contributed by atoms with E-state index in [1.165, 1.54) is 37.7 Å². The lowest BCUT2D eigenvalue weighted by Crippen LogP contribution is -2.22. The van der Waals surface area contributed by atoms with Crippen molar-refractivity contribution in [1.29, 1.82) is 0 Å². The molecule has 1 atom stereocenters. The van der Waals surface area contributed by atoms with Crippen molar-refractivity contribution in [2.45, 2.75) is 50.5 Å². The molecular weight excluding hydrogens is 350 g/mol. The lowest BCUT2D eigenvalue weighted by molar-refractivity contribution is -0.108. The largest absolute Gasteiger partial charge is 0.424 e. The molecule has 0 amide bonds. The average Bonchev–Trinajstić information content (AvgIpc) is 3.31. The molecule has 2 aliphatic rings. The van der Waals surface area contributed by atoms with Crippen molar-refractivity contribution >= 4 is 29.1 Å². The van der Waals surface area contributed by atoms with Crippen LogP contribution < -0.4 is 10.6 Å². The van der Waals surface area contributed by atoms with Gasteiger partial charge in [-0.1, -0.05) is 31.4 Å². The first-order valence-corrected chi connectivity index (χ1v) is 10.3. The second kappa shape index (κ2) is 7.30. The van der Waals surface area contributed by atoms with E-state index >= 15 is 0 Å². The third-order valence-corrected chi connectivity index (χ3v) is 6.06. The van der Waals surface area contributed by atoms with Crippen molar-refractivity contribution in [2.75, 3.05) is 17.2 Å². The van der Waals surface area contributed by atoms with E-state index in [4.69, 9.17) is 4.42 Å². The maximum atomic E-state index is 11.0. The minimum Gasteiger partial charge on any atom is -0.424 e. The molecule has 1 aliphatic heterocycles. The summed E-state index contributed by atoms with van der Waals surface area (Å²) in [6, 6.07) is 13.7. The fraction of sp³-hybridized carbons (Fsp3) is 0.391. The predicted molar refractivity (Wildman–Crippen MR) is 112 cm³/mol. The lowest BCUT2D eigenvalue weighted by atomic mass is 9.94. The molecular formula is C23H25N3O2. The van der Waals surface area contributed by atoms with E-state index in [9.17, 15) is 4.79 Å². The highest BCUT2D eigenvalue weighted by Crippen LogP contribution is 2.37. The van der Waals surface area contributed by atoms with Crippen LogP contribution in [0, 0.1) is 0 Å². The van der Waals surface area contributed by atoms with Gasteiger partial charge >= 0.3 is 0 Å². The van der Waals surface area contributed by atoms with Crippen LogP contribution in [-0.2, 0) is 4.79 Å². The van der Waals surface area contributed by atoms with Crippen LogP contribution in [0.2, 0.25) is 0 Å². The summed E-state index contributed by atoms with van der Waals surface area (Å²) in [6.07, 6.45) is 7.84. The maximum Gasteiger partial charge on any atom is 0.295 e. The van der Waals surface area contributed by atoms with Gasteiger partial charge in [0.2, 0.25) is 0 Å². The molecule has 1 aliphatic carbocycles. The Morgan fingerprint density at radius 3 is 2.79 bits per heavy atom. The van der Waals surface area contributed by atoms with Crippen molar-refractivity contribution in [3.05, 3.63) is 42.0 Å². The summed E-state index contributed by atoms with van der Waals surface area (Å²) in [5.41, 5.74) is 6.30. The van der Waals surface area contributed by atoms with Crippen LogP contribution in [0.5, 0.6) is 0 Å². The number of aromatic nitrogens is 1. The third-order valence-electron chi connectivity index (χ3n) is 6.06. The zero-order valence-corrected chi connectivity index (χ0v) is 15.9. The Hall–Kier alpha value is -2.82. The summed E-state index contributed by atoms with van der Waals surface area (Å²) in [5.74, 6) is 0.259. The molecule has 28 heavy (non-hydrogen) atoms. The molecule has 5 nitrogen and oxygen atoms in total. The number of hydrogen-bond acceptors (Lipinski definition) is 5. The van der Waals surface area contributed by atoms with Crippen LogP contribution in [0.1, 0.15) is 50.0 Å². The Kier molecular flexibility index (Phi) is 4.51. The van der Waals surface area contributed by atoms with Gasteiger partial charge in [-0.25, -0.2) is 0 Å². The first kappa shape index (κ1) is 17.3. The fourth-order valence-electron chi connectivity index (χ4n) is 4.50. The van der Waals surface area contributed by atoms with Gasteiger partial charge in [-0.2, -0.15) is 4.98 Å². The van der Waals surface area contributed by atoms with Crippen LogP contribution in [0.25, 0.3) is 22.2 Å². The van der Waals surface area contributed by atoms with E-state index in [1.807, 2.05) is 6.07 Å². The molecule has 1 unspecified atom stereocenters. The Morgan fingerprint density at radius 2 is 1.93 bits per heavy atom. The van der Waals surface area contributed by atoms with Crippen molar-refractivity contribution in [1.82, 2.24) is 4.98 Å². The third kappa shape index (κ3) is 3.26. The predicted octanol–water partition coefficient (Wildman–Crippen LogP) is 5.34. The number of carbonyl (C=O) groups excluding carboxylic acids is 1. The molecule has 0 spiro atoms. The number of benzene rings is 2. The quantitative estimate of drug-likeness (QED) is 0.589. The monoisotopic (exact) mass is 375 g/mol. The van der Waals surface area contributed by atoms with Crippen molar-refractivity contribution < 1.29 is 9.21 Å². The minimum absolute atomic E-state index is 0.259. The molecule has 5 heteroatoms. The molecule has 0 saturated heterocycles. The Balaban J connectivity index is 1.42. The Labute approximate surface area is 164 Å². The van der Waals surface area contributed by atoms with Gasteiger partial charge in [0.05, 0.1) is 0 Å². The SMILES string of the molecule is O=CCC1CNc2ccc(-c3ccc4oc(NC5CCCCC5)nc4c3)cc21. The topological polar surface area (TPSA) is 67.2 Å². The first-order chi connectivity index (χ1) is 13.8. The molecule has 144 valence electrons. The van der Waals surface area contributed by atoms with Gasteiger partial charge in [0.25, 0.3) is 6.01 Å². The summed E-state index contributed by atoms with van der Waals surface area (Å²) in [7, 11) is 0. The highest BCUT2D eigenvalue weighted by molar-refractivity contribution is 5.82. The number of oxazole rings is 1. The number of anilines is 2. The molecule has 2 heterocycles. The van der Waals surface area contributed by atoms with Crippen LogP contribution in [0.15, 0.2) is 40.8 Å². The highest BCUT2D eigenvalue weighted by atomic mass is 16.4. The summed E-state index contributed by atoms with van der Waals surface area (Å²) < 4.78 is 5.91. The zero-order valence-electron chi connectivity index (χ0n) is 15.9. The van der Waals surface area contributed by atoms with Gasteiger partial charge in [-0.3, -0.25) is 0 Å². The minimum atomic E-state index is 0.259. The van der Waals surface area contributed by atoms with Gasteiger partial charge in [-0.15, -0.1) is 0 Å². The summed E-state index contributed by atoms with van der Waals surface area (Å²) in [4.78, 5) is 15.6. The average molecular weight is 375 g/mol. The molecule has 1 fully saturated rings. The Bertz CT molecular complexity index is 1000. The van der Waals surface area contributed by atoms with Crippen LogP contribution >= 0.6 is 0 Å². The van der Waals surface area contributed by atoms with E-state index in [0.29, 0.717) is 18.5 Å². The number of carbonyl (C=O) groups is 1. The number of nitrogens with zero attached hydrogens (tertiary/aromatic N) is 1. The molecule has 2 N–H and O–H groups in total. The van der Waals surface area contributed by atoms with Crippen LogP contribution in [0.3, 0.4) is 0 Å². The van der Waals surface area contributed by atoms with Crippen molar-refractivity contribution in [3.63, 3.8) is 0 Å². The van der Waals surface area contributed by atoms with Crippen molar-refractivity contribution in [2.24, 2.45) is 0 Å². The molecule has 1 saturated carbocycles. The number of rotatable bonds is 5. The normalized spacial score (nSPS) is 19.4. The molecule has 1 aromatic heterocycles. The van der Waals surface area contributed by atoms with E-state index in [-0.39, 0.29) is 5.92 Å². The van der Waals surface area contributed by atoms with Gasteiger partial charge in [0.1, 0.15) is 11.8 Å². The van der Waals surface area contributed by atoms with Gasteiger partial charge < -0.3 is 19.8 Å². The summed E-state index contributed by atoms with van der Waals surface area (Å²) in [6.45, 7) is 0.829. The van der Waals surface area contributed by atoms with Gasteiger partial charge in [0.15, 0.2) is 5.58 Å². The number of aldehydes is 1. The first-order valence-electron chi connectivity index (χ1n) is 10.3. The van der Waals surface area contributed by atoms with E-state index in [2.05, 4.69) is 45.9 Å². The van der Waals surface area contributed by atoms with Gasteiger partial charge in [-0.05, 0) is 53.8 Å². The number of fused-ring (bicyclic) bond motifs is 2. The summed E-state index contributed by atoms with van der Waals surface area (Å²) in [5, 5.41) is 6.86. The molecule has 5 rings (SSSR count). The summed E-state index contributed by atoms with van der Waals surface area (Å²) >= 11 is 0. The van der Waals surface area contributed by atoms with Gasteiger partial charge in [0, 0.05) is 30.6 Å². The lowest BCUT2D eigenvalue weighted by Gasteiger charge is -2.21. The highest BCUT2D eigenvalue weighted by Gasteiger charge is 2.22. The van der Waals surface area contributed by atoms with Crippen LogP contribution in [-0.4, -0.2) is 23.9 Å². The number of nitrogens with one attached hydrogen (secondary N) is 2. The van der Waals surface area contributed by atoms with Crippen LogP contribution in [0.4, 0.5) is 11.7 Å². The van der Waals surface area contributed by atoms with Crippen molar-refractivity contribution in [3.8, 4) is 11.1 Å². The second-order valence-electron chi connectivity index (χ2n) is 7.96. The fourth-order valence-corrected chi connectivity index (χ4v) is 4.50. The molecule has 0 radical (unpaired) electrons. The number of hydrogen-bond donors (Lipinski definition) is 2. The standard InChI is InChI=1S/C23H25N3O2/c27-11-10-17-14-24-20-8-6-15(12-19(17)20)16-7-9-22-21(13-16)26-23(28-22)25-18-4-2-1-3-5-18/h6-9,11-13,17-18,24H,1-5,10,14H2,(H,25,26). The second-order valence-corrected chi connectivity index (χ2v) is 7.96. The van der Waals surface area contributed by atoms with E-state index in [0.717, 1.165) is 40.7 Å². The maximum absolute atomic E-state index is 11.0.